The van der Waals surface area contributed by atoms with Crippen molar-refractivity contribution in [2.45, 2.75) is 44.6 Å². The van der Waals surface area contributed by atoms with Gasteiger partial charge in [0.05, 0.1) is 13.2 Å². The summed E-state index contributed by atoms with van der Waals surface area (Å²) in [5.41, 5.74) is 3.72. The second-order valence-corrected chi connectivity index (χ2v) is 5.69. The van der Waals surface area contributed by atoms with E-state index in [1.54, 1.807) is 0 Å². The van der Waals surface area contributed by atoms with Crippen LogP contribution in [0.3, 0.4) is 0 Å². The van der Waals surface area contributed by atoms with Gasteiger partial charge in [0.1, 0.15) is 0 Å². The van der Waals surface area contributed by atoms with Crippen LogP contribution in [0, 0.1) is 11.8 Å². The molecule has 0 aromatic heterocycles. The summed E-state index contributed by atoms with van der Waals surface area (Å²) in [6, 6.07) is 0.748. The third-order valence-corrected chi connectivity index (χ3v) is 4.38. The molecule has 3 nitrogen and oxygen atoms in total. The smallest absolute Gasteiger partial charge is 0.0608 e. The molecule has 2 saturated carbocycles. The van der Waals surface area contributed by atoms with Gasteiger partial charge in [-0.25, -0.2) is 5.01 Å². The van der Waals surface area contributed by atoms with Gasteiger partial charge < -0.3 is 4.74 Å². The Labute approximate surface area is 98.5 Å². The summed E-state index contributed by atoms with van der Waals surface area (Å²) < 4.78 is 5.38. The molecule has 2 atom stereocenters. The standard InChI is InChI=1S/C13H24N2O/c1-2-12(11-4-5-11)10-13(3-1)14-15-6-8-16-9-7-15/h11-14H,1-10H2. The first-order valence-electron chi connectivity index (χ1n) is 7.00. The van der Waals surface area contributed by atoms with E-state index in [-0.39, 0.29) is 0 Å². The number of hydrazine groups is 1. The molecule has 2 aliphatic carbocycles. The Hall–Kier alpha value is -0.120. The van der Waals surface area contributed by atoms with Crippen LogP contribution in [0.1, 0.15) is 38.5 Å². The lowest BCUT2D eigenvalue weighted by molar-refractivity contribution is -0.00245. The van der Waals surface area contributed by atoms with E-state index in [2.05, 4.69) is 10.4 Å². The first-order valence-corrected chi connectivity index (χ1v) is 7.00. The van der Waals surface area contributed by atoms with Gasteiger partial charge in [-0.15, -0.1) is 0 Å². The number of ether oxygens (including phenoxy) is 1. The molecule has 0 bridgehead atoms. The van der Waals surface area contributed by atoms with Gasteiger partial charge in [0, 0.05) is 19.1 Å². The molecule has 3 rings (SSSR count). The fraction of sp³-hybridized carbons (Fsp3) is 1.00. The molecule has 1 heterocycles. The topological polar surface area (TPSA) is 24.5 Å². The number of nitrogens with zero attached hydrogens (tertiary/aromatic N) is 1. The highest BCUT2D eigenvalue weighted by atomic mass is 16.5. The third kappa shape index (κ3) is 2.76. The second kappa shape index (κ2) is 5.03. The largest absolute Gasteiger partial charge is 0.379 e. The molecule has 1 saturated heterocycles. The van der Waals surface area contributed by atoms with Crippen LogP contribution in [-0.2, 0) is 4.74 Å². The fourth-order valence-electron chi connectivity index (χ4n) is 3.29. The Morgan fingerprint density at radius 3 is 2.50 bits per heavy atom. The molecule has 1 aliphatic heterocycles. The molecule has 3 aliphatic rings. The molecule has 0 spiro atoms. The normalized spacial score (nSPS) is 37.5. The van der Waals surface area contributed by atoms with Crippen molar-refractivity contribution < 1.29 is 4.74 Å². The minimum Gasteiger partial charge on any atom is -0.379 e. The van der Waals surface area contributed by atoms with E-state index in [9.17, 15) is 0 Å². The Morgan fingerprint density at radius 1 is 0.938 bits per heavy atom. The number of rotatable bonds is 3. The van der Waals surface area contributed by atoms with Crippen LogP contribution in [-0.4, -0.2) is 37.4 Å². The van der Waals surface area contributed by atoms with Crippen molar-refractivity contribution in [3.8, 4) is 0 Å². The average molecular weight is 224 g/mol. The molecule has 0 aromatic carbocycles. The van der Waals surface area contributed by atoms with E-state index < -0.39 is 0 Å². The molecule has 0 aromatic rings. The predicted octanol–water partition coefficient (Wildman–Crippen LogP) is 1.79. The lowest BCUT2D eigenvalue weighted by Gasteiger charge is -2.36. The summed E-state index contributed by atoms with van der Waals surface area (Å²) in [5.74, 6) is 2.13. The van der Waals surface area contributed by atoms with Crippen LogP contribution in [0.2, 0.25) is 0 Å². The van der Waals surface area contributed by atoms with Crippen LogP contribution in [0.4, 0.5) is 0 Å². The van der Waals surface area contributed by atoms with Crippen molar-refractivity contribution in [3.63, 3.8) is 0 Å². The number of hydrogen-bond acceptors (Lipinski definition) is 3. The highest BCUT2D eigenvalue weighted by Crippen LogP contribution is 2.43. The van der Waals surface area contributed by atoms with Gasteiger partial charge in [0.15, 0.2) is 0 Å². The molecule has 3 fully saturated rings. The van der Waals surface area contributed by atoms with Gasteiger partial charge in [0.2, 0.25) is 0 Å². The van der Waals surface area contributed by atoms with Gasteiger partial charge in [-0.2, -0.15) is 0 Å². The van der Waals surface area contributed by atoms with Crippen LogP contribution < -0.4 is 5.43 Å². The van der Waals surface area contributed by atoms with Gasteiger partial charge in [-0.1, -0.05) is 12.8 Å². The lowest BCUT2D eigenvalue weighted by atomic mass is 9.83. The van der Waals surface area contributed by atoms with Crippen LogP contribution in [0.25, 0.3) is 0 Å². The number of morpholine rings is 1. The molecule has 3 heteroatoms. The minimum absolute atomic E-state index is 0.748. The molecule has 92 valence electrons. The molecule has 16 heavy (non-hydrogen) atoms. The summed E-state index contributed by atoms with van der Waals surface area (Å²) in [4.78, 5) is 0. The molecule has 1 N–H and O–H groups in total. The van der Waals surface area contributed by atoms with Crippen molar-refractivity contribution in [1.29, 1.82) is 0 Å². The Balaban J connectivity index is 1.46. The molecular weight excluding hydrogens is 200 g/mol. The highest BCUT2D eigenvalue weighted by Gasteiger charge is 2.35. The van der Waals surface area contributed by atoms with Crippen molar-refractivity contribution in [2.75, 3.05) is 26.3 Å². The summed E-state index contributed by atoms with van der Waals surface area (Å²) in [6.45, 7) is 3.91. The monoisotopic (exact) mass is 224 g/mol. The first-order chi connectivity index (χ1) is 7.92. The minimum atomic E-state index is 0.748. The molecule has 0 radical (unpaired) electrons. The number of hydrogen-bond donors (Lipinski definition) is 1. The van der Waals surface area contributed by atoms with Crippen molar-refractivity contribution in [1.82, 2.24) is 10.4 Å². The van der Waals surface area contributed by atoms with E-state index in [4.69, 9.17) is 4.74 Å². The fourth-order valence-corrected chi connectivity index (χ4v) is 3.29. The van der Waals surface area contributed by atoms with Crippen LogP contribution in [0.5, 0.6) is 0 Å². The van der Waals surface area contributed by atoms with Crippen LogP contribution in [0.15, 0.2) is 0 Å². The van der Waals surface area contributed by atoms with E-state index in [0.717, 1.165) is 44.2 Å². The van der Waals surface area contributed by atoms with Gasteiger partial charge in [0.25, 0.3) is 0 Å². The Bertz CT molecular complexity index is 224. The van der Waals surface area contributed by atoms with E-state index in [0.29, 0.717) is 0 Å². The maximum atomic E-state index is 5.38. The zero-order valence-corrected chi connectivity index (χ0v) is 10.2. The van der Waals surface area contributed by atoms with Crippen molar-refractivity contribution in [2.24, 2.45) is 11.8 Å². The lowest BCUT2D eigenvalue weighted by Crippen LogP contribution is -2.51. The molecular formula is C13H24N2O. The summed E-state index contributed by atoms with van der Waals surface area (Å²) >= 11 is 0. The average Bonchev–Trinajstić information content (AvgIpc) is 3.15. The van der Waals surface area contributed by atoms with Gasteiger partial charge >= 0.3 is 0 Å². The SMILES string of the molecule is C1CC(NN2CCOCC2)CC(C2CC2)C1. The molecule has 0 amide bonds. The summed E-state index contributed by atoms with van der Waals surface area (Å²) in [5, 5.41) is 2.38. The van der Waals surface area contributed by atoms with Crippen molar-refractivity contribution in [3.05, 3.63) is 0 Å². The van der Waals surface area contributed by atoms with Crippen molar-refractivity contribution >= 4 is 0 Å². The van der Waals surface area contributed by atoms with E-state index in [1.165, 1.54) is 38.5 Å². The zero-order chi connectivity index (χ0) is 10.8. The maximum absolute atomic E-state index is 5.38. The van der Waals surface area contributed by atoms with Crippen LogP contribution >= 0.6 is 0 Å². The summed E-state index contributed by atoms with van der Waals surface area (Å²) in [6.07, 6.45) is 8.74. The third-order valence-electron chi connectivity index (χ3n) is 4.38. The highest BCUT2D eigenvalue weighted by molar-refractivity contribution is 4.87. The Kier molecular flexibility index (Phi) is 3.46. The predicted molar refractivity (Wildman–Crippen MR) is 64.0 cm³/mol. The number of nitrogens with one attached hydrogen (secondary N) is 1. The van der Waals surface area contributed by atoms with Gasteiger partial charge in [-0.3, -0.25) is 5.43 Å². The van der Waals surface area contributed by atoms with Gasteiger partial charge in [-0.05, 0) is 37.5 Å². The van der Waals surface area contributed by atoms with E-state index in [1.807, 2.05) is 0 Å². The quantitative estimate of drug-likeness (QED) is 0.791. The zero-order valence-electron chi connectivity index (χ0n) is 10.2. The van der Waals surface area contributed by atoms with E-state index >= 15 is 0 Å². The molecule has 2 unspecified atom stereocenters. The first kappa shape index (κ1) is 11.0. The summed E-state index contributed by atoms with van der Waals surface area (Å²) in [7, 11) is 0. The Morgan fingerprint density at radius 2 is 1.75 bits per heavy atom. The second-order valence-electron chi connectivity index (χ2n) is 5.69. The maximum Gasteiger partial charge on any atom is 0.0608 e.